The van der Waals surface area contributed by atoms with Crippen molar-refractivity contribution in [2.24, 2.45) is 0 Å². The minimum Gasteiger partial charge on any atom is -0.426 e. The summed E-state index contributed by atoms with van der Waals surface area (Å²) in [6.07, 6.45) is 1.77. The summed E-state index contributed by atoms with van der Waals surface area (Å²) < 4.78 is 5.00. The van der Waals surface area contributed by atoms with Gasteiger partial charge in [0, 0.05) is 0 Å². The second kappa shape index (κ2) is 4.45. The molecule has 0 spiro atoms. The highest BCUT2D eigenvalue weighted by atomic mass is 16.5. The maximum absolute atomic E-state index is 11.0. The van der Waals surface area contributed by atoms with Crippen LogP contribution in [0.1, 0.15) is 12.0 Å². The average molecular weight is 176 g/mol. The number of benzene rings is 1. The number of hydrogen-bond donors (Lipinski definition) is 0. The van der Waals surface area contributed by atoms with Gasteiger partial charge in [-0.05, 0) is 19.1 Å². The SMILES string of the molecule is C=CCC(=O)Oc1ccc(C)cc1. The Morgan fingerprint density at radius 3 is 2.62 bits per heavy atom. The van der Waals surface area contributed by atoms with Crippen LogP contribution in [0.5, 0.6) is 5.75 Å². The van der Waals surface area contributed by atoms with Gasteiger partial charge in [-0.2, -0.15) is 0 Å². The zero-order valence-corrected chi connectivity index (χ0v) is 7.62. The molecule has 0 aliphatic heterocycles. The first-order valence-electron chi connectivity index (χ1n) is 4.10. The standard InChI is InChI=1S/C11H12O2/c1-3-4-11(12)13-10-7-5-9(2)6-8-10/h3,5-8H,1,4H2,2H3. The third-order valence-electron chi connectivity index (χ3n) is 1.56. The molecule has 0 saturated heterocycles. The number of carbonyl (C=O) groups is 1. The molecule has 2 nitrogen and oxygen atoms in total. The van der Waals surface area contributed by atoms with Gasteiger partial charge in [0.2, 0.25) is 0 Å². The van der Waals surface area contributed by atoms with Crippen LogP contribution < -0.4 is 4.74 Å². The molecule has 0 aliphatic rings. The highest BCUT2D eigenvalue weighted by molar-refractivity contribution is 5.73. The van der Waals surface area contributed by atoms with Crippen LogP contribution in [0.4, 0.5) is 0 Å². The normalized spacial score (nSPS) is 9.31. The Morgan fingerprint density at radius 1 is 1.46 bits per heavy atom. The van der Waals surface area contributed by atoms with Crippen molar-refractivity contribution < 1.29 is 9.53 Å². The van der Waals surface area contributed by atoms with Crippen LogP contribution in [0, 0.1) is 6.92 Å². The van der Waals surface area contributed by atoms with Gasteiger partial charge in [0.1, 0.15) is 5.75 Å². The Morgan fingerprint density at radius 2 is 2.08 bits per heavy atom. The maximum atomic E-state index is 11.0. The van der Waals surface area contributed by atoms with Gasteiger partial charge in [-0.25, -0.2) is 0 Å². The van der Waals surface area contributed by atoms with E-state index in [1.807, 2.05) is 19.1 Å². The molecule has 0 amide bonds. The van der Waals surface area contributed by atoms with E-state index < -0.39 is 0 Å². The van der Waals surface area contributed by atoms with Gasteiger partial charge >= 0.3 is 5.97 Å². The van der Waals surface area contributed by atoms with Crippen molar-refractivity contribution in [1.29, 1.82) is 0 Å². The number of carbonyl (C=O) groups excluding carboxylic acids is 1. The van der Waals surface area contributed by atoms with Crippen molar-refractivity contribution in [2.45, 2.75) is 13.3 Å². The molecule has 0 atom stereocenters. The molecule has 2 heteroatoms. The molecular formula is C11H12O2. The van der Waals surface area contributed by atoms with Crippen LogP contribution in [0.3, 0.4) is 0 Å². The largest absolute Gasteiger partial charge is 0.426 e. The third kappa shape index (κ3) is 3.11. The molecule has 13 heavy (non-hydrogen) atoms. The van der Waals surface area contributed by atoms with E-state index in [1.54, 1.807) is 12.1 Å². The minimum atomic E-state index is -0.279. The predicted molar refractivity (Wildman–Crippen MR) is 51.6 cm³/mol. The van der Waals surface area contributed by atoms with Gasteiger partial charge in [0.25, 0.3) is 0 Å². The van der Waals surface area contributed by atoms with E-state index in [0.29, 0.717) is 5.75 Å². The second-order valence-electron chi connectivity index (χ2n) is 2.78. The van der Waals surface area contributed by atoms with Gasteiger partial charge in [-0.15, -0.1) is 6.58 Å². The first-order chi connectivity index (χ1) is 6.22. The van der Waals surface area contributed by atoms with Crippen LogP contribution >= 0.6 is 0 Å². The first-order valence-corrected chi connectivity index (χ1v) is 4.10. The Balaban J connectivity index is 2.59. The first kappa shape index (κ1) is 9.52. The number of aryl methyl sites for hydroxylation is 1. The van der Waals surface area contributed by atoms with E-state index >= 15 is 0 Å². The lowest BCUT2D eigenvalue weighted by molar-refractivity contribution is -0.133. The van der Waals surface area contributed by atoms with E-state index in [1.165, 1.54) is 6.08 Å². The number of hydrogen-bond acceptors (Lipinski definition) is 2. The van der Waals surface area contributed by atoms with Gasteiger partial charge in [0.15, 0.2) is 0 Å². The summed E-state index contributed by atoms with van der Waals surface area (Å²) in [5.41, 5.74) is 1.14. The molecule has 0 heterocycles. The fourth-order valence-electron chi connectivity index (χ4n) is 0.897. The monoisotopic (exact) mass is 176 g/mol. The molecular weight excluding hydrogens is 164 g/mol. The molecule has 0 N–H and O–H groups in total. The van der Waals surface area contributed by atoms with E-state index in [4.69, 9.17) is 4.74 Å². The topological polar surface area (TPSA) is 26.3 Å². The van der Waals surface area contributed by atoms with Crippen LogP contribution in [0.25, 0.3) is 0 Å². The summed E-state index contributed by atoms with van der Waals surface area (Å²) in [7, 11) is 0. The Kier molecular flexibility index (Phi) is 3.26. The summed E-state index contributed by atoms with van der Waals surface area (Å²) in [5.74, 6) is 0.302. The lowest BCUT2D eigenvalue weighted by Crippen LogP contribution is -2.05. The van der Waals surface area contributed by atoms with Crippen molar-refractivity contribution in [3.8, 4) is 5.75 Å². The maximum Gasteiger partial charge on any atom is 0.315 e. The fourth-order valence-corrected chi connectivity index (χ4v) is 0.897. The van der Waals surface area contributed by atoms with E-state index in [9.17, 15) is 4.79 Å². The number of esters is 1. The lowest BCUT2D eigenvalue weighted by Gasteiger charge is -2.01. The smallest absolute Gasteiger partial charge is 0.315 e. The van der Waals surface area contributed by atoms with Crippen molar-refractivity contribution in [1.82, 2.24) is 0 Å². The molecule has 0 bridgehead atoms. The average Bonchev–Trinajstić information content (AvgIpc) is 2.09. The third-order valence-corrected chi connectivity index (χ3v) is 1.56. The molecule has 0 aliphatic carbocycles. The molecule has 0 fully saturated rings. The Bertz CT molecular complexity index is 298. The van der Waals surface area contributed by atoms with E-state index in [-0.39, 0.29) is 12.4 Å². The zero-order chi connectivity index (χ0) is 9.68. The molecule has 0 unspecified atom stereocenters. The quantitative estimate of drug-likeness (QED) is 0.402. The Labute approximate surface area is 77.8 Å². The van der Waals surface area contributed by atoms with Crippen LogP contribution in [-0.2, 0) is 4.79 Å². The molecule has 1 rings (SSSR count). The summed E-state index contributed by atoms with van der Waals surface area (Å²) in [6, 6.07) is 7.35. The highest BCUT2D eigenvalue weighted by Gasteiger charge is 2.00. The highest BCUT2D eigenvalue weighted by Crippen LogP contribution is 2.11. The van der Waals surface area contributed by atoms with Gasteiger partial charge in [0.05, 0.1) is 6.42 Å². The molecule has 0 saturated carbocycles. The second-order valence-corrected chi connectivity index (χ2v) is 2.78. The van der Waals surface area contributed by atoms with Crippen molar-refractivity contribution in [2.75, 3.05) is 0 Å². The summed E-state index contributed by atoms with van der Waals surface area (Å²) in [6.45, 7) is 5.44. The zero-order valence-electron chi connectivity index (χ0n) is 7.62. The lowest BCUT2D eigenvalue weighted by atomic mass is 10.2. The van der Waals surface area contributed by atoms with E-state index in [0.717, 1.165) is 5.56 Å². The fraction of sp³-hybridized carbons (Fsp3) is 0.182. The van der Waals surface area contributed by atoms with Crippen molar-refractivity contribution in [3.05, 3.63) is 42.5 Å². The summed E-state index contributed by atoms with van der Waals surface area (Å²) in [4.78, 5) is 11.0. The van der Waals surface area contributed by atoms with Crippen LogP contribution in [0.15, 0.2) is 36.9 Å². The Hall–Kier alpha value is -1.57. The molecule has 68 valence electrons. The molecule has 0 radical (unpaired) electrons. The van der Waals surface area contributed by atoms with Gasteiger partial charge in [-0.3, -0.25) is 4.79 Å². The van der Waals surface area contributed by atoms with Crippen LogP contribution in [-0.4, -0.2) is 5.97 Å². The molecule has 1 aromatic rings. The van der Waals surface area contributed by atoms with Crippen LogP contribution in [0.2, 0.25) is 0 Å². The summed E-state index contributed by atoms with van der Waals surface area (Å²) >= 11 is 0. The van der Waals surface area contributed by atoms with Crippen molar-refractivity contribution in [3.63, 3.8) is 0 Å². The summed E-state index contributed by atoms with van der Waals surface area (Å²) in [5, 5.41) is 0. The van der Waals surface area contributed by atoms with Gasteiger partial charge in [-0.1, -0.05) is 23.8 Å². The van der Waals surface area contributed by atoms with Gasteiger partial charge < -0.3 is 4.74 Å². The predicted octanol–water partition coefficient (Wildman–Crippen LogP) is 2.48. The molecule has 1 aromatic carbocycles. The van der Waals surface area contributed by atoms with E-state index in [2.05, 4.69) is 6.58 Å². The van der Waals surface area contributed by atoms with Crippen molar-refractivity contribution >= 4 is 5.97 Å². The number of rotatable bonds is 3. The number of ether oxygens (including phenoxy) is 1. The minimum absolute atomic E-state index is 0.244. The molecule has 0 aromatic heterocycles.